The zero-order chi connectivity index (χ0) is 14.7. The van der Waals surface area contributed by atoms with E-state index in [4.69, 9.17) is 9.63 Å². The Morgan fingerprint density at radius 2 is 2.20 bits per heavy atom. The van der Waals surface area contributed by atoms with Gasteiger partial charge in [0.25, 0.3) is 0 Å². The minimum Gasteiger partial charge on any atom is -0.481 e. The smallest absolute Gasteiger partial charge is 0.303 e. The van der Waals surface area contributed by atoms with Gasteiger partial charge < -0.3 is 14.5 Å². The molecule has 1 saturated heterocycles. The predicted molar refractivity (Wildman–Crippen MR) is 71.2 cm³/mol. The Labute approximate surface area is 117 Å². The molecule has 0 aromatic carbocycles. The number of aliphatic carboxylic acids is 1. The quantitative estimate of drug-likeness (QED) is 0.884. The molecular weight excluding hydrogens is 260 g/mol. The molecule has 1 aliphatic rings. The van der Waals surface area contributed by atoms with E-state index in [0.717, 1.165) is 23.4 Å². The zero-order valence-electron chi connectivity index (χ0n) is 11.9. The summed E-state index contributed by atoms with van der Waals surface area (Å²) in [5.74, 6) is 0.147. The molecule has 6 nitrogen and oxygen atoms in total. The molecule has 1 aromatic rings. The molecule has 1 fully saturated rings. The van der Waals surface area contributed by atoms with Crippen LogP contribution in [0.3, 0.4) is 0 Å². The van der Waals surface area contributed by atoms with Crippen LogP contribution in [0.15, 0.2) is 4.52 Å². The van der Waals surface area contributed by atoms with E-state index in [-0.39, 0.29) is 18.2 Å². The summed E-state index contributed by atoms with van der Waals surface area (Å²) in [7, 11) is 0. The summed E-state index contributed by atoms with van der Waals surface area (Å²) >= 11 is 0. The van der Waals surface area contributed by atoms with Gasteiger partial charge >= 0.3 is 5.97 Å². The molecule has 0 radical (unpaired) electrons. The summed E-state index contributed by atoms with van der Waals surface area (Å²) in [6.07, 6.45) is 1.97. The molecule has 0 aliphatic carbocycles. The number of hydrogen-bond donors (Lipinski definition) is 1. The fraction of sp³-hybridized carbons (Fsp3) is 0.643. The average Bonchev–Trinajstić information content (AvgIpc) is 2.95. The highest BCUT2D eigenvalue weighted by molar-refractivity contribution is 5.77. The van der Waals surface area contributed by atoms with Crippen molar-refractivity contribution in [2.45, 2.75) is 39.5 Å². The maximum absolute atomic E-state index is 12.1. The number of carboxylic acid groups (broad SMARTS) is 1. The number of carbonyl (C=O) groups excluding carboxylic acids is 1. The lowest BCUT2D eigenvalue weighted by Crippen LogP contribution is -2.29. The van der Waals surface area contributed by atoms with Crippen LogP contribution in [0.5, 0.6) is 0 Å². The number of aryl methyl sites for hydroxylation is 2. The number of hydrogen-bond acceptors (Lipinski definition) is 4. The van der Waals surface area contributed by atoms with Gasteiger partial charge in [0.2, 0.25) is 5.91 Å². The molecule has 2 rings (SSSR count). The van der Waals surface area contributed by atoms with Gasteiger partial charge in [0, 0.05) is 31.5 Å². The monoisotopic (exact) mass is 280 g/mol. The summed E-state index contributed by atoms with van der Waals surface area (Å²) < 4.78 is 5.07. The van der Waals surface area contributed by atoms with Crippen LogP contribution in [0.1, 0.15) is 36.3 Å². The number of carbonyl (C=O) groups is 2. The molecule has 0 saturated carbocycles. The van der Waals surface area contributed by atoms with E-state index < -0.39 is 5.97 Å². The molecule has 1 aromatic heterocycles. The zero-order valence-corrected chi connectivity index (χ0v) is 11.9. The van der Waals surface area contributed by atoms with Gasteiger partial charge in [-0.1, -0.05) is 5.16 Å². The highest BCUT2D eigenvalue weighted by Gasteiger charge is 2.27. The second kappa shape index (κ2) is 6.07. The molecule has 1 amide bonds. The third-order valence-corrected chi connectivity index (χ3v) is 3.87. The van der Waals surface area contributed by atoms with Crippen molar-refractivity contribution < 1.29 is 19.2 Å². The summed E-state index contributed by atoms with van der Waals surface area (Å²) in [4.78, 5) is 24.6. The van der Waals surface area contributed by atoms with Gasteiger partial charge in [-0.2, -0.15) is 0 Å². The molecular formula is C14H20N2O4. The Hall–Kier alpha value is -1.85. The average molecular weight is 280 g/mol. The van der Waals surface area contributed by atoms with Crippen molar-refractivity contribution in [1.29, 1.82) is 0 Å². The molecule has 6 heteroatoms. The van der Waals surface area contributed by atoms with E-state index >= 15 is 0 Å². The molecule has 1 aliphatic heterocycles. The lowest BCUT2D eigenvalue weighted by molar-refractivity contribution is -0.138. The van der Waals surface area contributed by atoms with Crippen molar-refractivity contribution in [2.24, 2.45) is 5.92 Å². The van der Waals surface area contributed by atoms with Crippen molar-refractivity contribution in [3.8, 4) is 0 Å². The van der Waals surface area contributed by atoms with Crippen LogP contribution >= 0.6 is 0 Å². The van der Waals surface area contributed by atoms with Crippen molar-refractivity contribution >= 4 is 11.9 Å². The maximum Gasteiger partial charge on any atom is 0.303 e. The minimum atomic E-state index is -0.792. The Morgan fingerprint density at radius 3 is 2.80 bits per heavy atom. The number of nitrogens with zero attached hydrogens (tertiary/aromatic N) is 2. The second-order valence-electron chi connectivity index (χ2n) is 5.40. The first kappa shape index (κ1) is 14.6. The molecule has 1 N–H and O–H groups in total. The normalized spacial score (nSPS) is 18.5. The van der Waals surface area contributed by atoms with E-state index in [0.29, 0.717) is 25.9 Å². The lowest BCUT2D eigenvalue weighted by atomic mass is 10.1. The molecule has 0 spiro atoms. The van der Waals surface area contributed by atoms with Crippen molar-refractivity contribution in [1.82, 2.24) is 10.1 Å². The summed E-state index contributed by atoms with van der Waals surface area (Å²) in [5.41, 5.74) is 1.83. The summed E-state index contributed by atoms with van der Waals surface area (Å²) in [6, 6.07) is 0. The van der Waals surface area contributed by atoms with E-state index in [9.17, 15) is 9.59 Å². The third-order valence-electron chi connectivity index (χ3n) is 3.87. The maximum atomic E-state index is 12.1. The standard InChI is InChI=1S/C14H20N2O4/c1-9-12(10(2)20-15-9)3-4-13(17)16-6-5-11(8-16)7-14(18)19/h11H,3-8H2,1-2H3,(H,18,19). The van der Waals surface area contributed by atoms with Crippen molar-refractivity contribution in [2.75, 3.05) is 13.1 Å². The van der Waals surface area contributed by atoms with Gasteiger partial charge in [-0.3, -0.25) is 9.59 Å². The van der Waals surface area contributed by atoms with E-state index in [2.05, 4.69) is 5.16 Å². The van der Waals surface area contributed by atoms with Gasteiger partial charge in [-0.05, 0) is 32.6 Å². The Balaban J connectivity index is 1.83. The Morgan fingerprint density at radius 1 is 1.45 bits per heavy atom. The molecule has 20 heavy (non-hydrogen) atoms. The van der Waals surface area contributed by atoms with Crippen LogP contribution in [0, 0.1) is 19.8 Å². The van der Waals surface area contributed by atoms with E-state index in [1.807, 2.05) is 13.8 Å². The van der Waals surface area contributed by atoms with E-state index in [1.165, 1.54) is 0 Å². The van der Waals surface area contributed by atoms with Crippen molar-refractivity contribution in [3.63, 3.8) is 0 Å². The van der Waals surface area contributed by atoms with Crippen LogP contribution < -0.4 is 0 Å². The predicted octanol–water partition coefficient (Wildman–Crippen LogP) is 1.55. The molecule has 1 unspecified atom stereocenters. The van der Waals surface area contributed by atoms with Crippen LogP contribution in [0.25, 0.3) is 0 Å². The largest absolute Gasteiger partial charge is 0.481 e. The SMILES string of the molecule is Cc1noc(C)c1CCC(=O)N1CCC(CC(=O)O)C1. The second-order valence-corrected chi connectivity index (χ2v) is 5.40. The van der Waals surface area contributed by atoms with Crippen LogP contribution in [-0.4, -0.2) is 40.1 Å². The molecule has 2 heterocycles. The molecule has 1 atom stereocenters. The number of aromatic nitrogens is 1. The van der Waals surface area contributed by atoms with Gasteiger partial charge in [-0.15, -0.1) is 0 Å². The van der Waals surface area contributed by atoms with Crippen molar-refractivity contribution in [3.05, 3.63) is 17.0 Å². The number of likely N-dealkylation sites (tertiary alicyclic amines) is 1. The summed E-state index contributed by atoms with van der Waals surface area (Å²) in [6.45, 7) is 4.94. The lowest BCUT2D eigenvalue weighted by Gasteiger charge is -2.16. The first-order valence-electron chi connectivity index (χ1n) is 6.88. The molecule has 0 bridgehead atoms. The van der Waals surface area contributed by atoms with E-state index in [1.54, 1.807) is 4.90 Å². The Kier molecular flexibility index (Phi) is 4.42. The fourth-order valence-corrected chi connectivity index (χ4v) is 2.72. The fourth-order valence-electron chi connectivity index (χ4n) is 2.72. The first-order chi connectivity index (χ1) is 9.47. The summed E-state index contributed by atoms with van der Waals surface area (Å²) in [5, 5.41) is 12.6. The van der Waals surface area contributed by atoms with Crippen LogP contribution in [0.2, 0.25) is 0 Å². The topological polar surface area (TPSA) is 83.6 Å². The molecule has 110 valence electrons. The number of rotatable bonds is 5. The third kappa shape index (κ3) is 3.37. The first-order valence-corrected chi connectivity index (χ1v) is 6.88. The van der Waals surface area contributed by atoms with Crippen LogP contribution in [0.4, 0.5) is 0 Å². The highest BCUT2D eigenvalue weighted by atomic mass is 16.5. The van der Waals surface area contributed by atoms with Crippen LogP contribution in [-0.2, 0) is 16.0 Å². The van der Waals surface area contributed by atoms with Gasteiger partial charge in [-0.25, -0.2) is 0 Å². The minimum absolute atomic E-state index is 0.0814. The highest BCUT2D eigenvalue weighted by Crippen LogP contribution is 2.21. The van der Waals surface area contributed by atoms with Gasteiger partial charge in [0.1, 0.15) is 5.76 Å². The van der Waals surface area contributed by atoms with Gasteiger partial charge in [0.15, 0.2) is 0 Å². The van der Waals surface area contributed by atoms with Gasteiger partial charge in [0.05, 0.1) is 5.69 Å². The number of amides is 1. The Bertz CT molecular complexity index is 490. The number of carboxylic acids is 1.